The molecule has 0 saturated heterocycles. The normalized spacial score (nSPS) is 11.9. The molecule has 0 saturated carbocycles. The van der Waals surface area contributed by atoms with Crippen LogP contribution in [-0.4, -0.2) is 37.2 Å². The third-order valence-corrected chi connectivity index (χ3v) is 12.6. The average molecular weight is 863 g/mol. The summed E-state index contributed by atoms with van der Waals surface area (Å²) in [5.41, 5.74) is 0. The van der Waals surface area contributed by atoms with Gasteiger partial charge in [-0.05, 0) is 19.3 Å². The smallest absolute Gasteiger partial charge is 0.306 e. The number of hydrogen-bond acceptors (Lipinski definition) is 6. The maximum Gasteiger partial charge on any atom is 0.306 e. The summed E-state index contributed by atoms with van der Waals surface area (Å²) in [6, 6.07) is 0. The molecule has 362 valence electrons. The van der Waals surface area contributed by atoms with Crippen molar-refractivity contribution in [2.45, 2.75) is 322 Å². The van der Waals surface area contributed by atoms with Gasteiger partial charge in [-0.2, -0.15) is 0 Å². The second-order valence-corrected chi connectivity index (χ2v) is 18.9. The summed E-state index contributed by atoms with van der Waals surface area (Å²) in [7, 11) is 0. The minimum Gasteiger partial charge on any atom is -0.462 e. The van der Waals surface area contributed by atoms with E-state index in [1.807, 2.05) is 0 Å². The van der Waals surface area contributed by atoms with E-state index in [2.05, 4.69) is 20.8 Å². The fraction of sp³-hybridized carbons (Fsp3) is 0.945. The predicted octanol–water partition coefficient (Wildman–Crippen LogP) is 18.0. The monoisotopic (exact) mass is 863 g/mol. The van der Waals surface area contributed by atoms with Crippen molar-refractivity contribution in [2.24, 2.45) is 0 Å². The number of rotatable bonds is 51. The van der Waals surface area contributed by atoms with E-state index in [-0.39, 0.29) is 31.1 Å². The quantitative estimate of drug-likeness (QED) is 0.0344. The zero-order valence-corrected chi connectivity index (χ0v) is 41.5. The van der Waals surface area contributed by atoms with Crippen molar-refractivity contribution in [3.8, 4) is 0 Å². The zero-order valence-electron chi connectivity index (χ0n) is 41.5. The lowest BCUT2D eigenvalue weighted by molar-refractivity contribution is -0.167. The summed E-state index contributed by atoms with van der Waals surface area (Å²) < 4.78 is 16.8. The Labute approximate surface area is 380 Å². The minimum atomic E-state index is -0.760. The molecule has 0 unspecified atom stereocenters. The van der Waals surface area contributed by atoms with E-state index in [9.17, 15) is 14.4 Å². The van der Waals surface area contributed by atoms with Crippen LogP contribution in [0.4, 0.5) is 0 Å². The van der Waals surface area contributed by atoms with Crippen LogP contribution in [0.2, 0.25) is 0 Å². The van der Waals surface area contributed by atoms with E-state index in [0.717, 1.165) is 57.8 Å². The summed E-state index contributed by atoms with van der Waals surface area (Å²) in [6.07, 6.45) is 55.2. The lowest BCUT2D eigenvalue weighted by Crippen LogP contribution is -2.30. The molecule has 0 aliphatic rings. The Morgan fingerprint density at radius 3 is 0.656 bits per heavy atom. The predicted molar refractivity (Wildman–Crippen MR) is 261 cm³/mol. The molecule has 6 nitrogen and oxygen atoms in total. The summed E-state index contributed by atoms with van der Waals surface area (Å²) in [5, 5.41) is 0. The molecule has 0 aliphatic heterocycles. The van der Waals surface area contributed by atoms with Gasteiger partial charge in [-0.25, -0.2) is 0 Å². The van der Waals surface area contributed by atoms with Crippen molar-refractivity contribution in [1.82, 2.24) is 0 Å². The molecule has 0 fully saturated rings. The fourth-order valence-corrected chi connectivity index (χ4v) is 8.45. The van der Waals surface area contributed by atoms with E-state index in [0.29, 0.717) is 19.3 Å². The van der Waals surface area contributed by atoms with Crippen molar-refractivity contribution in [3.63, 3.8) is 0 Å². The Morgan fingerprint density at radius 2 is 0.443 bits per heavy atom. The van der Waals surface area contributed by atoms with Crippen LogP contribution in [-0.2, 0) is 28.6 Å². The van der Waals surface area contributed by atoms with Gasteiger partial charge in [0.2, 0.25) is 0 Å². The Hall–Kier alpha value is -1.59. The highest BCUT2D eigenvalue weighted by Gasteiger charge is 2.19. The van der Waals surface area contributed by atoms with Gasteiger partial charge in [-0.1, -0.05) is 278 Å². The number of carbonyl (C=O) groups excluding carboxylic acids is 3. The minimum absolute atomic E-state index is 0.0615. The van der Waals surface area contributed by atoms with E-state index >= 15 is 0 Å². The lowest BCUT2D eigenvalue weighted by Gasteiger charge is -2.18. The molecule has 0 radical (unpaired) electrons. The Balaban J connectivity index is 4.25. The summed E-state index contributed by atoms with van der Waals surface area (Å²) in [4.78, 5) is 38.0. The van der Waals surface area contributed by atoms with Crippen LogP contribution in [0, 0.1) is 0 Å². The highest BCUT2D eigenvalue weighted by molar-refractivity contribution is 5.71. The maximum atomic E-state index is 12.8. The van der Waals surface area contributed by atoms with Crippen molar-refractivity contribution in [1.29, 1.82) is 0 Å². The van der Waals surface area contributed by atoms with Gasteiger partial charge in [0.1, 0.15) is 13.2 Å². The number of ether oxygens (including phenoxy) is 3. The molecule has 0 aromatic heterocycles. The van der Waals surface area contributed by atoms with Crippen LogP contribution in [0.15, 0.2) is 0 Å². The Bertz CT molecular complexity index is 905. The molecule has 0 aromatic rings. The largest absolute Gasteiger partial charge is 0.462 e. The highest BCUT2D eigenvalue weighted by atomic mass is 16.6. The molecule has 0 rings (SSSR count). The summed E-state index contributed by atoms with van der Waals surface area (Å²) in [6.45, 7) is 6.68. The first-order valence-corrected chi connectivity index (χ1v) is 27.5. The lowest BCUT2D eigenvalue weighted by atomic mass is 10.0. The summed E-state index contributed by atoms with van der Waals surface area (Å²) >= 11 is 0. The molecule has 61 heavy (non-hydrogen) atoms. The van der Waals surface area contributed by atoms with E-state index < -0.39 is 6.10 Å². The standard InChI is InChI=1S/C55H106O6/c1-4-7-10-13-16-19-22-24-26-27-28-30-32-34-37-40-43-46-49-55(58)61-52(50-59-53(56)47-44-41-38-35-21-18-15-12-9-6-3)51-60-54(57)48-45-42-39-36-33-31-29-25-23-20-17-14-11-8-5-2/h52H,4-51H2,1-3H3/t52-/m0/s1. The first-order valence-electron chi connectivity index (χ1n) is 27.5. The number of esters is 3. The van der Waals surface area contributed by atoms with E-state index in [1.165, 1.54) is 218 Å². The highest BCUT2D eigenvalue weighted by Crippen LogP contribution is 2.17. The second-order valence-electron chi connectivity index (χ2n) is 18.9. The molecule has 1 atom stereocenters. The molecule has 0 aromatic carbocycles. The third-order valence-electron chi connectivity index (χ3n) is 12.6. The Morgan fingerprint density at radius 1 is 0.262 bits per heavy atom. The van der Waals surface area contributed by atoms with Gasteiger partial charge in [0.15, 0.2) is 6.10 Å². The van der Waals surface area contributed by atoms with Crippen molar-refractivity contribution < 1.29 is 28.6 Å². The average Bonchev–Trinajstić information content (AvgIpc) is 3.26. The third kappa shape index (κ3) is 49.3. The fourth-order valence-electron chi connectivity index (χ4n) is 8.45. The van der Waals surface area contributed by atoms with Crippen molar-refractivity contribution in [2.75, 3.05) is 13.2 Å². The van der Waals surface area contributed by atoms with E-state index in [4.69, 9.17) is 14.2 Å². The van der Waals surface area contributed by atoms with Crippen LogP contribution < -0.4 is 0 Å². The molecular formula is C55H106O6. The molecule has 0 heterocycles. The molecule has 6 heteroatoms. The van der Waals surface area contributed by atoms with Gasteiger partial charge >= 0.3 is 17.9 Å². The Kier molecular flexibility index (Phi) is 49.7. The second kappa shape index (κ2) is 51.0. The first-order chi connectivity index (χ1) is 30.0. The molecule has 0 amide bonds. The van der Waals surface area contributed by atoms with Gasteiger partial charge in [0.25, 0.3) is 0 Å². The molecular weight excluding hydrogens is 757 g/mol. The van der Waals surface area contributed by atoms with E-state index in [1.54, 1.807) is 0 Å². The van der Waals surface area contributed by atoms with Crippen LogP contribution in [0.25, 0.3) is 0 Å². The van der Waals surface area contributed by atoms with Gasteiger partial charge < -0.3 is 14.2 Å². The van der Waals surface area contributed by atoms with Gasteiger partial charge in [-0.3, -0.25) is 14.4 Å². The van der Waals surface area contributed by atoms with Gasteiger partial charge in [0, 0.05) is 19.3 Å². The SMILES string of the molecule is CCCCCCCCCCCCCCCCCCCCC(=O)O[C@@H](COC(=O)CCCCCCCCCCCC)COC(=O)CCCCCCCCCCCCCCCCC. The number of unbranched alkanes of at least 4 members (excludes halogenated alkanes) is 40. The first kappa shape index (κ1) is 59.4. The van der Waals surface area contributed by atoms with Crippen molar-refractivity contribution >= 4 is 17.9 Å². The zero-order chi connectivity index (χ0) is 44.4. The van der Waals surface area contributed by atoms with Crippen LogP contribution >= 0.6 is 0 Å². The van der Waals surface area contributed by atoms with Crippen LogP contribution in [0.3, 0.4) is 0 Å². The topological polar surface area (TPSA) is 78.9 Å². The summed E-state index contributed by atoms with van der Waals surface area (Å²) in [5.74, 6) is -0.838. The molecule has 0 bridgehead atoms. The van der Waals surface area contributed by atoms with Crippen LogP contribution in [0.1, 0.15) is 316 Å². The molecule has 0 spiro atoms. The molecule has 0 N–H and O–H groups in total. The molecule has 0 aliphatic carbocycles. The number of hydrogen-bond donors (Lipinski definition) is 0. The van der Waals surface area contributed by atoms with Crippen LogP contribution in [0.5, 0.6) is 0 Å². The van der Waals surface area contributed by atoms with Gasteiger partial charge in [-0.15, -0.1) is 0 Å². The maximum absolute atomic E-state index is 12.8. The number of carbonyl (C=O) groups is 3. The van der Waals surface area contributed by atoms with Gasteiger partial charge in [0.05, 0.1) is 0 Å². The van der Waals surface area contributed by atoms with Crippen molar-refractivity contribution in [3.05, 3.63) is 0 Å².